The third-order valence-electron chi connectivity index (χ3n) is 5.29. The summed E-state index contributed by atoms with van der Waals surface area (Å²) in [6, 6.07) is 10.5. The standard InChI is InChI=1S/C17H22N2O2/c1-12(14-7-10-21-11-14)19-15(13-5-3-2-4-6-13)18-17(8-9-17)16(19)20/h2-6,12,14-15,18H,7-11H2,1H3. The van der Waals surface area contributed by atoms with E-state index in [2.05, 4.69) is 29.3 Å². The van der Waals surface area contributed by atoms with Crippen LogP contribution in [0.15, 0.2) is 30.3 Å². The second-order valence-electron chi connectivity index (χ2n) is 6.62. The minimum atomic E-state index is -0.270. The molecule has 1 saturated carbocycles. The second-order valence-corrected chi connectivity index (χ2v) is 6.62. The first kappa shape index (κ1) is 13.3. The molecule has 2 aliphatic heterocycles. The molecular formula is C17H22N2O2. The van der Waals surface area contributed by atoms with Crippen molar-refractivity contribution in [2.24, 2.45) is 5.92 Å². The average Bonchev–Trinajstić information content (AvgIpc) is 2.98. The van der Waals surface area contributed by atoms with Crippen LogP contribution < -0.4 is 5.32 Å². The lowest BCUT2D eigenvalue weighted by molar-refractivity contribution is -0.133. The first-order chi connectivity index (χ1) is 10.2. The lowest BCUT2D eigenvalue weighted by atomic mass is 9.98. The number of carbonyl (C=O) groups is 1. The number of ether oxygens (including phenoxy) is 1. The summed E-state index contributed by atoms with van der Waals surface area (Å²) in [5, 5.41) is 3.60. The predicted molar refractivity (Wildman–Crippen MR) is 79.5 cm³/mol. The van der Waals surface area contributed by atoms with Crippen molar-refractivity contribution in [3.8, 4) is 0 Å². The number of rotatable bonds is 3. The fraction of sp³-hybridized carbons (Fsp3) is 0.588. The average molecular weight is 286 g/mol. The number of amides is 1. The van der Waals surface area contributed by atoms with Crippen molar-refractivity contribution < 1.29 is 9.53 Å². The van der Waals surface area contributed by atoms with Gasteiger partial charge in [0, 0.05) is 18.6 Å². The maximum Gasteiger partial charge on any atom is 0.244 e. The summed E-state index contributed by atoms with van der Waals surface area (Å²) < 4.78 is 5.52. The molecule has 0 radical (unpaired) electrons. The summed E-state index contributed by atoms with van der Waals surface area (Å²) in [7, 11) is 0. The first-order valence-electron chi connectivity index (χ1n) is 7.94. The lowest BCUT2D eigenvalue weighted by Gasteiger charge is -2.33. The van der Waals surface area contributed by atoms with Crippen LogP contribution in [0.5, 0.6) is 0 Å². The molecule has 0 bridgehead atoms. The van der Waals surface area contributed by atoms with E-state index in [9.17, 15) is 4.79 Å². The SMILES string of the molecule is CC(C1CCOC1)N1C(=O)C2(CC2)NC1c1ccccc1. The molecule has 1 aromatic rings. The van der Waals surface area contributed by atoms with Crippen LogP contribution in [-0.4, -0.2) is 35.6 Å². The van der Waals surface area contributed by atoms with Gasteiger partial charge in [0.2, 0.25) is 5.91 Å². The van der Waals surface area contributed by atoms with Crippen molar-refractivity contribution in [2.45, 2.75) is 43.9 Å². The molecule has 112 valence electrons. The molecule has 21 heavy (non-hydrogen) atoms. The first-order valence-corrected chi connectivity index (χ1v) is 7.94. The Bertz CT molecular complexity index is 535. The van der Waals surface area contributed by atoms with E-state index in [0.29, 0.717) is 5.92 Å². The molecule has 0 aromatic heterocycles. The van der Waals surface area contributed by atoms with Gasteiger partial charge in [-0.05, 0) is 31.7 Å². The quantitative estimate of drug-likeness (QED) is 0.925. The summed E-state index contributed by atoms with van der Waals surface area (Å²) >= 11 is 0. The molecule has 4 heteroatoms. The molecule has 1 aliphatic carbocycles. The fourth-order valence-electron chi connectivity index (χ4n) is 3.70. The Morgan fingerprint density at radius 2 is 2.10 bits per heavy atom. The summed E-state index contributed by atoms with van der Waals surface area (Å²) in [6.45, 7) is 3.78. The Morgan fingerprint density at radius 3 is 2.71 bits per heavy atom. The van der Waals surface area contributed by atoms with Gasteiger partial charge >= 0.3 is 0 Å². The van der Waals surface area contributed by atoms with Gasteiger partial charge in [-0.25, -0.2) is 0 Å². The molecule has 1 aromatic carbocycles. The van der Waals surface area contributed by atoms with Crippen LogP contribution in [0, 0.1) is 5.92 Å². The van der Waals surface area contributed by atoms with E-state index < -0.39 is 0 Å². The largest absolute Gasteiger partial charge is 0.381 e. The Labute approximate surface area is 125 Å². The molecule has 4 nitrogen and oxygen atoms in total. The van der Waals surface area contributed by atoms with Crippen molar-refractivity contribution in [1.82, 2.24) is 10.2 Å². The van der Waals surface area contributed by atoms with Crippen LogP contribution in [0.1, 0.15) is 37.9 Å². The molecule has 2 heterocycles. The summed E-state index contributed by atoms with van der Waals surface area (Å²) in [5.41, 5.74) is 0.911. The maximum atomic E-state index is 12.9. The highest BCUT2D eigenvalue weighted by molar-refractivity contribution is 5.92. The Balaban J connectivity index is 1.65. The van der Waals surface area contributed by atoms with Crippen molar-refractivity contribution >= 4 is 5.91 Å². The lowest BCUT2D eigenvalue weighted by Crippen LogP contribution is -2.43. The highest BCUT2D eigenvalue weighted by atomic mass is 16.5. The van der Waals surface area contributed by atoms with E-state index in [4.69, 9.17) is 4.74 Å². The van der Waals surface area contributed by atoms with Gasteiger partial charge in [-0.15, -0.1) is 0 Å². The number of nitrogens with zero attached hydrogens (tertiary/aromatic N) is 1. The van der Waals surface area contributed by atoms with Crippen LogP contribution in [0.2, 0.25) is 0 Å². The smallest absolute Gasteiger partial charge is 0.244 e. The molecule has 3 fully saturated rings. The van der Waals surface area contributed by atoms with Crippen molar-refractivity contribution in [1.29, 1.82) is 0 Å². The van der Waals surface area contributed by atoms with E-state index in [1.165, 1.54) is 5.56 Å². The Kier molecular flexibility index (Phi) is 3.05. The van der Waals surface area contributed by atoms with Gasteiger partial charge in [-0.2, -0.15) is 0 Å². The minimum Gasteiger partial charge on any atom is -0.381 e. The molecule has 3 atom stereocenters. The number of hydrogen-bond acceptors (Lipinski definition) is 3. The number of nitrogens with one attached hydrogen (secondary N) is 1. The van der Waals surface area contributed by atoms with Gasteiger partial charge in [0.05, 0.1) is 6.61 Å². The Hall–Kier alpha value is -1.39. The molecule has 1 N–H and O–H groups in total. The molecule has 3 aliphatic rings. The summed E-state index contributed by atoms with van der Waals surface area (Å²) in [4.78, 5) is 15.0. The zero-order valence-corrected chi connectivity index (χ0v) is 12.4. The van der Waals surface area contributed by atoms with Crippen molar-refractivity contribution in [2.75, 3.05) is 13.2 Å². The van der Waals surface area contributed by atoms with Gasteiger partial charge in [-0.3, -0.25) is 10.1 Å². The number of hydrogen-bond donors (Lipinski definition) is 1. The van der Waals surface area contributed by atoms with Gasteiger partial charge in [0.1, 0.15) is 11.7 Å². The van der Waals surface area contributed by atoms with Gasteiger partial charge in [0.15, 0.2) is 0 Å². The normalized spacial score (nSPS) is 31.9. The zero-order chi connectivity index (χ0) is 14.4. The van der Waals surface area contributed by atoms with E-state index in [1.807, 2.05) is 18.2 Å². The highest BCUT2D eigenvalue weighted by Gasteiger charge is 2.60. The molecule has 4 rings (SSSR count). The van der Waals surface area contributed by atoms with Crippen LogP contribution in [-0.2, 0) is 9.53 Å². The summed E-state index contributed by atoms with van der Waals surface area (Å²) in [5.74, 6) is 0.742. The van der Waals surface area contributed by atoms with Gasteiger partial charge in [-0.1, -0.05) is 30.3 Å². The van der Waals surface area contributed by atoms with Crippen LogP contribution in [0.3, 0.4) is 0 Å². The number of benzene rings is 1. The van der Waals surface area contributed by atoms with Crippen LogP contribution in [0.25, 0.3) is 0 Å². The molecule has 2 saturated heterocycles. The Morgan fingerprint density at radius 1 is 1.33 bits per heavy atom. The third-order valence-corrected chi connectivity index (χ3v) is 5.29. The molecular weight excluding hydrogens is 264 g/mol. The number of carbonyl (C=O) groups excluding carboxylic acids is 1. The molecule has 1 spiro atoms. The monoisotopic (exact) mass is 286 g/mol. The van der Waals surface area contributed by atoms with Crippen molar-refractivity contribution in [3.63, 3.8) is 0 Å². The summed E-state index contributed by atoms with van der Waals surface area (Å²) in [6.07, 6.45) is 3.01. The van der Waals surface area contributed by atoms with Crippen LogP contribution >= 0.6 is 0 Å². The van der Waals surface area contributed by atoms with E-state index in [0.717, 1.165) is 32.5 Å². The van der Waals surface area contributed by atoms with Gasteiger partial charge in [0.25, 0.3) is 0 Å². The highest BCUT2D eigenvalue weighted by Crippen LogP contribution is 2.47. The van der Waals surface area contributed by atoms with Gasteiger partial charge < -0.3 is 9.64 Å². The topological polar surface area (TPSA) is 41.6 Å². The third kappa shape index (κ3) is 2.09. The molecule has 3 unspecified atom stereocenters. The van der Waals surface area contributed by atoms with E-state index >= 15 is 0 Å². The van der Waals surface area contributed by atoms with Crippen LogP contribution in [0.4, 0.5) is 0 Å². The maximum absolute atomic E-state index is 12.9. The van der Waals surface area contributed by atoms with E-state index in [-0.39, 0.29) is 23.7 Å². The van der Waals surface area contributed by atoms with Crippen molar-refractivity contribution in [3.05, 3.63) is 35.9 Å². The minimum absolute atomic E-state index is 0.0109. The molecule has 1 amide bonds. The second kappa shape index (κ2) is 4.82. The predicted octanol–water partition coefficient (Wildman–Crippen LogP) is 2.07. The van der Waals surface area contributed by atoms with E-state index in [1.54, 1.807) is 0 Å². The zero-order valence-electron chi connectivity index (χ0n) is 12.4. The fourth-order valence-corrected chi connectivity index (χ4v) is 3.70.